The molecule has 0 saturated heterocycles. The fourth-order valence-corrected chi connectivity index (χ4v) is 4.83. The molecule has 0 aromatic heterocycles. The minimum atomic E-state index is -3.68. The zero-order valence-corrected chi connectivity index (χ0v) is 15.8. The maximum atomic E-state index is 13.1. The third kappa shape index (κ3) is 3.40. The minimum Gasteiger partial charge on any atom is -0.385 e. The Balaban J connectivity index is 2.15. The van der Waals surface area contributed by atoms with Gasteiger partial charge in [0.1, 0.15) is 0 Å². The summed E-state index contributed by atoms with van der Waals surface area (Å²) in [7, 11) is -0.435. The molecule has 2 aromatic carbocycles. The highest BCUT2D eigenvalue weighted by molar-refractivity contribution is 7.92. The maximum absolute atomic E-state index is 13.1. The SMILES string of the molecule is COCCCNC1c2ccccc2N(C)S(=O)(=O)c2cc(Cl)ccc21. The molecule has 0 bridgehead atoms. The molecule has 1 atom stereocenters. The van der Waals surface area contributed by atoms with Gasteiger partial charge in [-0.05, 0) is 42.3 Å². The normalized spacial score (nSPS) is 18.4. The summed E-state index contributed by atoms with van der Waals surface area (Å²) in [6.45, 7) is 1.35. The molecule has 25 heavy (non-hydrogen) atoms. The van der Waals surface area contributed by atoms with Crippen molar-refractivity contribution in [2.45, 2.75) is 17.4 Å². The van der Waals surface area contributed by atoms with Crippen molar-refractivity contribution >= 4 is 27.3 Å². The van der Waals surface area contributed by atoms with Crippen LogP contribution >= 0.6 is 11.6 Å². The molecule has 1 heterocycles. The Morgan fingerprint density at radius 1 is 1.20 bits per heavy atom. The van der Waals surface area contributed by atoms with Crippen LogP contribution in [-0.4, -0.2) is 35.7 Å². The van der Waals surface area contributed by atoms with E-state index in [2.05, 4.69) is 5.32 Å². The van der Waals surface area contributed by atoms with E-state index in [4.69, 9.17) is 16.3 Å². The second-order valence-electron chi connectivity index (χ2n) is 5.95. The maximum Gasteiger partial charge on any atom is 0.264 e. The van der Waals surface area contributed by atoms with Gasteiger partial charge in [-0.1, -0.05) is 35.9 Å². The van der Waals surface area contributed by atoms with Gasteiger partial charge in [0, 0.05) is 25.8 Å². The monoisotopic (exact) mass is 380 g/mol. The Kier molecular flexibility index (Phi) is 5.34. The average Bonchev–Trinajstić information content (AvgIpc) is 2.67. The van der Waals surface area contributed by atoms with E-state index < -0.39 is 10.0 Å². The van der Waals surface area contributed by atoms with Crippen molar-refractivity contribution in [1.29, 1.82) is 0 Å². The molecule has 0 saturated carbocycles. The number of para-hydroxylation sites is 1. The molecular formula is C18H21ClN2O3S. The summed E-state index contributed by atoms with van der Waals surface area (Å²) < 4.78 is 32.6. The Morgan fingerprint density at radius 2 is 1.96 bits per heavy atom. The number of hydrogen-bond donors (Lipinski definition) is 1. The van der Waals surface area contributed by atoms with Gasteiger partial charge in [0.15, 0.2) is 0 Å². The highest BCUT2D eigenvalue weighted by Crippen LogP contribution is 2.40. The van der Waals surface area contributed by atoms with Crippen LogP contribution in [0.2, 0.25) is 5.02 Å². The predicted molar refractivity (Wildman–Crippen MR) is 99.8 cm³/mol. The number of sulfonamides is 1. The van der Waals surface area contributed by atoms with E-state index in [0.29, 0.717) is 29.4 Å². The molecule has 2 aromatic rings. The molecule has 7 heteroatoms. The molecule has 0 spiro atoms. The van der Waals surface area contributed by atoms with E-state index in [1.165, 1.54) is 10.4 Å². The van der Waals surface area contributed by atoms with Crippen molar-refractivity contribution in [2.75, 3.05) is 31.6 Å². The van der Waals surface area contributed by atoms with Gasteiger partial charge in [-0.25, -0.2) is 8.42 Å². The van der Waals surface area contributed by atoms with Crippen molar-refractivity contribution in [1.82, 2.24) is 5.32 Å². The van der Waals surface area contributed by atoms with Gasteiger partial charge in [0.25, 0.3) is 10.0 Å². The van der Waals surface area contributed by atoms with Gasteiger partial charge in [-0.15, -0.1) is 0 Å². The molecule has 0 radical (unpaired) electrons. The molecule has 0 aliphatic carbocycles. The first kappa shape index (κ1) is 18.2. The van der Waals surface area contributed by atoms with E-state index in [1.54, 1.807) is 26.3 Å². The second kappa shape index (κ2) is 7.33. The quantitative estimate of drug-likeness (QED) is 0.809. The number of methoxy groups -OCH3 is 1. The van der Waals surface area contributed by atoms with Crippen molar-refractivity contribution in [3.05, 3.63) is 58.6 Å². The molecule has 5 nitrogen and oxygen atoms in total. The molecule has 1 N–H and O–H groups in total. The number of benzene rings is 2. The number of nitrogens with one attached hydrogen (secondary N) is 1. The third-order valence-corrected chi connectivity index (χ3v) is 6.45. The molecule has 1 unspecified atom stereocenters. The number of ether oxygens (including phenoxy) is 1. The summed E-state index contributed by atoms with van der Waals surface area (Å²) in [6, 6.07) is 12.4. The zero-order valence-electron chi connectivity index (χ0n) is 14.2. The zero-order chi connectivity index (χ0) is 18.0. The number of anilines is 1. The second-order valence-corrected chi connectivity index (χ2v) is 8.32. The van der Waals surface area contributed by atoms with Crippen LogP contribution in [0.4, 0.5) is 5.69 Å². The van der Waals surface area contributed by atoms with E-state index in [9.17, 15) is 8.42 Å². The van der Waals surface area contributed by atoms with Gasteiger partial charge in [-0.2, -0.15) is 0 Å². The van der Waals surface area contributed by atoms with Gasteiger partial charge >= 0.3 is 0 Å². The molecule has 134 valence electrons. The number of hydrogen-bond acceptors (Lipinski definition) is 4. The Hall–Kier alpha value is -1.60. The number of fused-ring (bicyclic) bond motifs is 2. The van der Waals surface area contributed by atoms with E-state index in [1.807, 2.05) is 24.3 Å². The average molecular weight is 381 g/mol. The topological polar surface area (TPSA) is 58.6 Å². The Labute approximate surface area is 153 Å². The van der Waals surface area contributed by atoms with Crippen molar-refractivity contribution in [2.24, 2.45) is 0 Å². The largest absolute Gasteiger partial charge is 0.385 e. The minimum absolute atomic E-state index is 0.236. The van der Waals surface area contributed by atoms with E-state index in [-0.39, 0.29) is 10.9 Å². The van der Waals surface area contributed by atoms with Crippen LogP contribution in [0, 0.1) is 0 Å². The van der Waals surface area contributed by atoms with Gasteiger partial charge in [0.05, 0.1) is 16.6 Å². The van der Waals surface area contributed by atoms with E-state index >= 15 is 0 Å². The summed E-state index contributed by atoms with van der Waals surface area (Å²) in [6.07, 6.45) is 0.834. The number of rotatable bonds is 5. The lowest BCUT2D eigenvalue weighted by atomic mass is 9.97. The number of halogens is 1. The lowest BCUT2D eigenvalue weighted by Gasteiger charge is -2.22. The van der Waals surface area contributed by atoms with Crippen molar-refractivity contribution in [3.63, 3.8) is 0 Å². The predicted octanol–water partition coefficient (Wildman–Crippen LogP) is 3.19. The molecular weight excluding hydrogens is 360 g/mol. The molecule has 3 rings (SSSR count). The van der Waals surface area contributed by atoms with Crippen LogP contribution in [-0.2, 0) is 14.8 Å². The van der Waals surface area contributed by atoms with Crippen molar-refractivity contribution in [3.8, 4) is 0 Å². The first-order valence-corrected chi connectivity index (χ1v) is 9.88. The lowest BCUT2D eigenvalue weighted by molar-refractivity contribution is 0.193. The third-order valence-electron chi connectivity index (χ3n) is 4.39. The molecule has 0 fully saturated rings. The summed E-state index contributed by atoms with van der Waals surface area (Å²) in [5.41, 5.74) is 2.30. The van der Waals surface area contributed by atoms with Crippen LogP contribution in [0.1, 0.15) is 23.6 Å². The van der Waals surface area contributed by atoms with E-state index in [0.717, 1.165) is 12.0 Å². The Morgan fingerprint density at radius 3 is 2.72 bits per heavy atom. The summed E-state index contributed by atoms with van der Waals surface area (Å²) in [4.78, 5) is 0.239. The number of nitrogens with zero attached hydrogens (tertiary/aromatic N) is 1. The van der Waals surface area contributed by atoms with Crippen LogP contribution in [0.3, 0.4) is 0 Å². The standard InChI is InChI=1S/C18H21ClN2O3S/c1-21-16-7-4-3-6-14(16)18(20-10-5-11-24-2)15-9-8-13(19)12-17(15)25(21,22)23/h3-4,6-9,12,18,20H,5,10-11H2,1-2H3. The first-order chi connectivity index (χ1) is 12.0. The lowest BCUT2D eigenvalue weighted by Crippen LogP contribution is -2.26. The highest BCUT2D eigenvalue weighted by Gasteiger charge is 2.34. The molecule has 0 amide bonds. The Bertz CT molecular complexity index is 870. The van der Waals surface area contributed by atoms with Crippen LogP contribution in [0.25, 0.3) is 0 Å². The van der Waals surface area contributed by atoms with Crippen molar-refractivity contribution < 1.29 is 13.2 Å². The summed E-state index contributed by atoms with van der Waals surface area (Å²) in [5.74, 6) is 0. The van der Waals surface area contributed by atoms with Crippen LogP contribution in [0.5, 0.6) is 0 Å². The van der Waals surface area contributed by atoms with Gasteiger partial charge in [-0.3, -0.25) is 4.31 Å². The molecule has 1 aliphatic heterocycles. The molecule has 1 aliphatic rings. The van der Waals surface area contributed by atoms with Crippen LogP contribution in [0.15, 0.2) is 47.4 Å². The van der Waals surface area contributed by atoms with Gasteiger partial charge in [0.2, 0.25) is 0 Å². The van der Waals surface area contributed by atoms with Gasteiger partial charge < -0.3 is 10.1 Å². The highest BCUT2D eigenvalue weighted by atomic mass is 35.5. The first-order valence-electron chi connectivity index (χ1n) is 8.06. The fraction of sp³-hybridized carbons (Fsp3) is 0.333. The summed E-state index contributed by atoms with van der Waals surface area (Å²) in [5, 5.41) is 3.88. The van der Waals surface area contributed by atoms with Crippen LogP contribution < -0.4 is 9.62 Å². The summed E-state index contributed by atoms with van der Waals surface area (Å²) >= 11 is 6.09. The fourth-order valence-electron chi connectivity index (χ4n) is 3.12. The smallest absolute Gasteiger partial charge is 0.264 e.